The second kappa shape index (κ2) is 6.97. The van der Waals surface area contributed by atoms with E-state index in [1.165, 1.54) is 6.07 Å². The molecule has 0 spiro atoms. The topological polar surface area (TPSA) is 98.5 Å². The molecule has 0 aliphatic heterocycles. The van der Waals surface area contributed by atoms with Crippen LogP contribution in [-0.2, 0) is 14.7 Å². The molecule has 5 nitrogen and oxygen atoms in total. The first-order chi connectivity index (χ1) is 10.7. The zero-order valence-electron chi connectivity index (χ0n) is 13.0. The molecule has 0 bridgehead atoms. The molecule has 1 unspecified atom stereocenters. The fourth-order valence-electron chi connectivity index (χ4n) is 2.35. The van der Waals surface area contributed by atoms with Crippen LogP contribution < -0.4 is 10.9 Å². The third kappa shape index (κ3) is 4.09. The van der Waals surface area contributed by atoms with E-state index in [-0.39, 0.29) is 10.8 Å². The number of hydrogen-bond acceptors (Lipinski definition) is 3. The van der Waals surface area contributed by atoms with Gasteiger partial charge in [-0.25, -0.2) is 9.35 Å². The van der Waals surface area contributed by atoms with Crippen LogP contribution in [-0.4, -0.2) is 16.2 Å². The molecule has 2 aromatic rings. The highest BCUT2D eigenvalue weighted by molar-refractivity contribution is 7.92. The van der Waals surface area contributed by atoms with Crippen LogP contribution >= 0.6 is 11.6 Å². The Morgan fingerprint density at radius 2 is 1.83 bits per heavy atom. The Balaban J connectivity index is 2.52. The number of amides is 1. The summed E-state index contributed by atoms with van der Waals surface area (Å²) in [6, 6.07) is 9.47. The maximum absolute atomic E-state index is 12.8. The summed E-state index contributed by atoms with van der Waals surface area (Å²) in [5, 5.41) is 7.70. The fraction of sp³-hybridized carbons (Fsp3) is 0.312. The Morgan fingerprint density at radius 1 is 1.22 bits per heavy atom. The van der Waals surface area contributed by atoms with Gasteiger partial charge in [0.1, 0.15) is 9.92 Å². The molecule has 0 radical (unpaired) electrons. The standard InChI is InChI=1S/C16H20ClN3O2S/c1-10(2)9-14(18)16(21)20-23(19,22)15-8-7-13(17)11-5-3-4-6-12(11)15/h3-8,10,14H,9,18H2,1-2H3,(H2,19,20,21,22)/t14-,23?/m0/s1. The van der Waals surface area contributed by atoms with Gasteiger partial charge in [-0.05, 0) is 24.5 Å². The minimum Gasteiger partial charge on any atom is -0.320 e. The number of fused-ring (bicyclic) bond motifs is 1. The molecule has 0 fully saturated rings. The van der Waals surface area contributed by atoms with Gasteiger partial charge in [-0.15, -0.1) is 4.36 Å². The smallest absolute Gasteiger partial charge is 0.271 e. The number of carbonyl (C=O) groups is 1. The quantitative estimate of drug-likeness (QED) is 0.883. The molecule has 0 aliphatic rings. The second-order valence-corrected chi connectivity index (χ2v) is 7.99. The second-order valence-electron chi connectivity index (χ2n) is 5.83. The summed E-state index contributed by atoms with van der Waals surface area (Å²) in [4.78, 5) is 12.4. The largest absolute Gasteiger partial charge is 0.320 e. The van der Waals surface area contributed by atoms with E-state index < -0.39 is 21.9 Å². The predicted molar refractivity (Wildman–Crippen MR) is 94.4 cm³/mol. The van der Waals surface area contributed by atoms with Gasteiger partial charge in [-0.1, -0.05) is 49.7 Å². The molecule has 0 aliphatic carbocycles. The number of hydrogen-bond donors (Lipinski definition) is 2. The first kappa shape index (κ1) is 17.9. The average molecular weight is 354 g/mol. The molecule has 23 heavy (non-hydrogen) atoms. The van der Waals surface area contributed by atoms with Crippen molar-refractivity contribution in [2.45, 2.75) is 31.2 Å². The highest BCUT2D eigenvalue weighted by atomic mass is 35.5. The number of rotatable bonds is 4. The van der Waals surface area contributed by atoms with Crippen molar-refractivity contribution in [1.29, 1.82) is 0 Å². The maximum Gasteiger partial charge on any atom is 0.271 e. The molecular formula is C16H20ClN3O2S. The normalized spacial score (nSPS) is 15.4. The monoisotopic (exact) mass is 353 g/mol. The highest BCUT2D eigenvalue weighted by Crippen LogP contribution is 2.29. The van der Waals surface area contributed by atoms with Gasteiger partial charge in [0.25, 0.3) is 5.91 Å². The summed E-state index contributed by atoms with van der Waals surface area (Å²) in [7, 11) is -3.40. The molecule has 0 saturated heterocycles. The Kier molecular flexibility index (Phi) is 5.41. The van der Waals surface area contributed by atoms with E-state index in [1.54, 1.807) is 24.3 Å². The Morgan fingerprint density at radius 3 is 2.43 bits per heavy atom. The molecule has 0 aromatic heterocycles. The van der Waals surface area contributed by atoms with Gasteiger partial charge in [0.05, 0.1) is 10.9 Å². The number of nitrogens with zero attached hydrogens (tertiary/aromatic N) is 1. The van der Waals surface area contributed by atoms with E-state index in [4.69, 9.17) is 22.5 Å². The summed E-state index contributed by atoms with van der Waals surface area (Å²) < 4.78 is 16.5. The van der Waals surface area contributed by atoms with Gasteiger partial charge in [-0.2, -0.15) is 0 Å². The molecule has 7 heteroatoms. The number of nitrogens with two attached hydrogens (primary N) is 2. The van der Waals surface area contributed by atoms with E-state index >= 15 is 0 Å². The summed E-state index contributed by atoms with van der Waals surface area (Å²) in [6.45, 7) is 3.89. The number of halogens is 1. The van der Waals surface area contributed by atoms with Crippen molar-refractivity contribution < 1.29 is 9.00 Å². The molecule has 2 rings (SSSR count). The van der Waals surface area contributed by atoms with E-state index in [1.807, 2.05) is 19.9 Å². The van der Waals surface area contributed by atoms with Crippen molar-refractivity contribution >= 4 is 38.2 Å². The SMILES string of the molecule is CC(C)C[C@H](N)C(=O)N=S(N)(=O)c1ccc(Cl)c2ccccc12. The lowest BCUT2D eigenvalue weighted by atomic mass is 10.0. The zero-order chi connectivity index (χ0) is 17.2. The Labute approximate surface area is 141 Å². The molecule has 124 valence electrons. The summed E-state index contributed by atoms with van der Waals surface area (Å²) >= 11 is 6.14. The van der Waals surface area contributed by atoms with Crippen molar-refractivity contribution in [3.63, 3.8) is 0 Å². The third-order valence-corrected chi connectivity index (χ3v) is 5.18. The van der Waals surface area contributed by atoms with Gasteiger partial charge in [0.15, 0.2) is 0 Å². The summed E-state index contributed by atoms with van der Waals surface area (Å²) in [5.74, 6) is -0.417. The third-order valence-electron chi connectivity index (χ3n) is 3.41. The summed E-state index contributed by atoms with van der Waals surface area (Å²) in [6.07, 6.45) is 0.458. The lowest BCUT2D eigenvalue weighted by molar-refractivity contribution is -0.119. The van der Waals surface area contributed by atoms with Crippen molar-refractivity contribution in [3.05, 3.63) is 41.4 Å². The lowest BCUT2D eigenvalue weighted by Crippen LogP contribution is -2.32. The van der Waals surface area contributed by atoms with Gasteiger partial charge >= 0.3 is 0 Å². The van der Waals surface area contributed by atoms with E-state index in [0.29, 0.717) is 22.2 Å². The zero-order valence-corrected chi connectivity index (χ0v) is 14.6. The van der Waals surface area contributed by atoms with Crippen molar-refractivity contribution in [2.24, 2.45) is 21.2 Å². The summed E-state index contributed by atoms with van der Waals surface area (Å²) in [5.41, 5.74) is 5.79. The fourth-order valence-corrected chi connectivity index (χ4v) is 3.83. The maximum atomic E-state index is 12.8. The van der Waals surface area contributed by atoms with Crippen LogP contribution in [0.15, 0.2) is 45.7 Å². The Bertz CT molecular complexity index is 858. The van der Waals surface area contributed by atoms with E-state index in [0.717, 1.165) is 0 Å². The minimum absolute atomic E-state index is 0.231. The van der Waals surface area contributed by atoms with Gasteiger partial charge < -0.3 is 5.73 Å². The molecule has 2 aromatic carbocycles. The van der Waals surface area contributed by atoms with Crippen molar-refractivity contribution in [2.75, 3.05) is 0 Å². The molecular weight excluding hydrogens is 334 g/mol. The molecule has 0 heterocycles. The molecule has 4 N–H and O–H groups in total. The molecule has 1 amide bonds. The number of benzene rings is 2. The van der Waals surface area contributed by atoms with Crippen molar-refractivity contribution in [3.8, 4) is 0 Å². The van der Waals surface area contributed by atoms with Crippen LogP contribution in [0, 0.1) is 5.92 Å². The van der Waals surface area contributed by atoms with Crippen LogP contribution in [0.3, 0.4) is 0 Å². The average Bonchev–Trinajstić information content (AvgIpc) is 2.46. The number of carbonyl (C=O) groups excluding carboxylic acids is 1. The van der Waals surface area contributed by atoms with Crippen LogP contribution in [0.5, 0.6) is 0 Å². The first-order valence-corrected chi connectivity index (χ1v) is 9.19. The first-order valence-electron chi connectivity index (χ1n) is 7.24. The van der Waals surface area contributed by atoms with Gasteiger partial charge in [-0.3, -0.25) is 4.79 Å². The van der Waals surface area contributed by atoms with Crippen LogP contribution in [0.2, 0.25) is 5.02 Å². The van der Waals surface area contributed by atoms with E-state index in [9.17, 15) is 9.00 Å². The highest BCUT2D eigenvalue weighted by Gasteiger charge is 2.19. The predicted octanol–water partition coefficient (Wildman–Crippen LogP) is 3.09. The molecule has 0 saturated carbocycles. The minimum atomic E-state index is -3.40. The van der Waals surface area contributed by atoms with Crippen molar-refractivity contribution in [1.82, 2.24) is 0 Å². The lowest BCUT2D eigenvalue weighted by Gasteiger charge is -2.12. The van der Waals surface area contributed by atoms with Crippen LogP contribution in [0.1, 0.15) is 20.3 Å². The van der Waals surface area contributed by atoms with Crippen LogP contribution in [0.25, 0.3) is 10.8 Å². The van der Waals surface area contributed by atoms with Gasteiger partial charge in [0, 0.05) is 15.8 Å². The Hall–Kier alpha value is -1.47. The van der Waals surface area contributed by atoms with E-state index in [2.05, 4.69) is 4.36 Å². The van der Waals surface area contributed by atoms with Crippen LogP contribution in [0.4, 0.5) is 0 Å². The van der Waals surface area contributed by atoms with Gasteiger partial charge in [0.2, 0.25) is 0 Å². The molecule has 2 atom stereocenters.